The van der Waals surface area contributed by atoms with E-state index in [2.05, 4.69) is 109 Å². The average Bonchev–Trinajstić information content (AvgIpc) is 3.83. The Kier molecular flexibility index (Phi) is 9.68. The summed E-state index contributed by atoms with van der Waals surface area (Å²) in [5.41, 5.74) is 13.0. The minimum atomic E-state index is 0.507. The van der Waals surface area contributed by atoms with Crippen LogP contribution in [0.5, 0.6) is 0 Å². The summed E-state index contributed by atoms with van der Waals surface area (Å²) in [5, 5.41) is 5.19. The molecule has 0 atom stereocenters. The van der Waals surface area contributed by atoms with Crippen molar-refractivity contribution in [3.63, 3.8) is 0 Å². The molecule has 0 fully saturated rings. The number of aromatic nitrogens is 6. The summed E-state index contributed by atoms with van der Waals surface area (Å²) in [5.74, 6) is 2.19. The summed E-state index contributed by atoms with van der Waals surface area (Å²) in [6.45, 7) is 0. The van der Waals surface area contributed by atoms with Gasteiger partial charge in [0.15, 0.2) is 23.3 Å². The zero-order valence-corrected chi connectivity index (χ0v) is 37.0. The Labute approximate surface area is 397 Å². The highest BCUT2D eigenvalue weighted by atomic mass is 16.3. The summed E-state index contributed by atoms with van der Waals surface area (Å²) < 4.78 is 7.05. The van der Waals surface area contributed by atoms with Gasteiger partial charge in [-0.25, -0.2) is 29.9 Å². The predicted molar refractivity (Wildman–Crippen MR) is 279 cm³/mol. The fraction of sp³-hybridized carbons (Fsp3) is 0. The Morgan fingerprint density at radius 1 is 0.275 bits per heavy atom. The zero-order valence-electron chi connectivity index (χ0n) is 37.0. The van der Waals surface area contributed by atoms with Gasteiger partial charge in [-0.05, 0) is 48.0 Å². The van der Waals surface area contributed by atoms with Gasteiger partial charge in [-0.3, -0.25) is 0 Å². The molecule has 0 unspecified atom stereocenters. The maximum Gasteiger partial charge on any atom is 0.164 e. The Hall–Kier alpha value is -9.46. The molecule has 13 rings (SSSR count). The molecule has 0 bridgehead atoms. The van der Waals surface area contributed by atoms with Crippen molar-refractivity contribution in [1.82, 2.24) is 29.9 Å². The molecule has 0 radical (unpaired) electrons. The predicted octanol–water partition coefficient (Wildman–Crippen LogP) is 15.6. The molecule has 0 saturated heterocycles. The molecule has 13 aromatic rings. The third kappa shape index (κ3) is 7.26. The van der Waals surface area contributed by atoms with E-state index in [1.807, 2.05) is 121 Å². The number of fused-ring (bicyclic) bond motifs is 7. The maximum absolute atomic E-state index is 7.05. The van der Waals surface area contributed by atoms with Gasteiger partial charge in [-0.1, -0.05) is 188 Å². The van der Waals surface area contributed by atoms with Gasteiger partial charge in [-0.15, -0.1) is 0 Å². The van der Waals surface area contributed by atoms with Crippen molar-refractivity contribution >= 4 is 43.6 Å². The van der Waals surface area contributed by atoms with Crippen LogP contribution in [0.25, 0.3) is 134 Å². The van der Waals surface area contributed by atoms with Gasteiger partial charge in [0.25, 0.3) is 0 Å². The van der Waals surface area contributed by atoms with Crippen LogP contribution in [0.3, 0.4) is 0 Å². The van der Waals surface area contributed by atoms with E-state index in [1.165, 1.54) is 0 Å². The molecule has 7 heteroatoms. The molecule has 0 amide bonds. The highest BCUT2D eigenvalue weighted by molar-refractivity contribution is 6.30. The lowest BCUT2D eigenvalue weighted by Gasteiger charge is -2.16. The molecular formula is C62H38N6O. The Morgan fingerprint density at radius 3 is 1.28 bits per heavy atom. The number of para-hydroxylation sites is 2. The summed E-state index contributed by atoms with van der Waals surface area (Å²) in [7, 11) is 0. The van der Waals surface area contributed by atoms with Crippen LogP contribution in [-0.4, -0.2) is 29.9 Å². The van der Waals surface area contributed by atoms with Crippen LogP contribution in [0.4, 0.5) is 0 Å². The van der Waals surface area contributed by atoms with Gasteiger partial charge >= 0.3 is 0 Å². The minimum absolute atomic E-state index is 0.507. The fourth-order valence-electron chi connectivity index (χ4n) is 9.43. The first-order valence-electron chi connectivity index (χ1n) is 22.9. The highest BCUT2D eigenvalue weighted by Crippen LogP contribution is 2.47. The van der Waals surface area contributed by atoms with Crippen LogP contribution < -0.4 is 0 Å². The quantitative estimate of drug-likeness (QED) is 0.140. The molecule has 9 aromatic carbocycles. The number of nitrogens with zero attached hydrogens (tertiary/aromatic N) is 6. The molecule has 0 spiro atoms. The van der Waals surface area contributed by atoms with E-state index in [1.54, 1.807) is 0 Å². The van der Waals surface area contributed by atoms with Crippen LogP contribution >= 0.6 is 0 Å². The van der Waals surface area contributed by atoms with E-state index in [-0.39, 0.29) is 0 Å². The van der Waals surface area contributed by atoms with E-state index in [4.69, 9.17) is 34.3 Å². The second-order valence-corrected chi connectivity index (χ2v) is 17.0. The number of furan rings is 1. The first-order chi connectivity index (χ1) is 34.2. The van der Waals surface area contributed by atoms with Crippen LogP contribution in [0.2, 0.25) is 0 Å². The topological polar surface area (TPSA) is 90.5 Å². The molecule has 0 N–H and O–H groups in total. The maximum atomic E-state index is 7.05. The van der Waals surface area contributed by atoms with Crippen molar-refractivity contribution < 1.29 is 4.42 Å². The summed E-state index contributed by atoms with van der Waals surface area (Å²) in [4.78, 5) is 31.6. The number of benzene rings is 9. The molecule has 4 heterocycles. The average molecular weight is 883 g/mol. The van der Waals surface area contributed by atoms with Crippen LogP contribution in [-0.2, 0) is 0 Å². The molecule has 0 aliphatic rings. The molecule has 322 valence electrons. The summed E-state index contributed by atoms with van der Waals surface area (Å²) >= 11 is 0. The van der Waals surface area contributed by atoms with E-state index in [0.717, 1.165) is 111 Å². The third-order valence-electron chi connectivity index (χ3n) is 12.7. The van der Waals surface area contributed by atoms with Crippen LogP contribution in [0.15, 0.2) is 235 Å². The lowest BCUT2D eigenvalue weighted by molar-refractivity contribution is 0.670. The van der Waals surface area contributed by atoms with Gasteiger partial charge < -0.3 is 4.42 Å². The lowest BCUT2D eigenvalue weighted by Crippen LogP contribution is -2.01. The van der Waals surface area contributed by atoms with Crippen molar-refractivity contribution in [3.05, 3.63) is 231 Å². The van der Waals surface area contributed by atoms with Crippen molar-refractivity contribution in [3.8, 4) is 90.5 Å². The first kappa shape index (κ1) is 39.9. The molecule has 7 nitrogen and oxygen atoms in total. The third-order valence-corrected chi connectivity index (χ3v) is 12.7. The van der Waals surface area contributed by atoms with Gasteiger partial charge in [0.05, 0.1) is 22.6 Å². The number of pyridine rings is 1. The highest BCUT2D eigenvalue weighted by Gasteiger charge is 2.24. The van der Waals surface area contributed by atoms with E-state index in [0.29, 0.717) is 23.3 Å². The van der Waals surface area contributed by atoms with Crippen LogP contribution in [0.1, 0.15) is 0 Å². The first-order valence-corrected chi connectivity index (χ1v) is 22.9. The molecule has 0 aliphatic carbocycles. The monoisotopic (exact) mass is 882 g/mol. The van der Waals surface area contributed by atoms with E-state index < -0.39 is 0 Å². The minimum Gasteiger partial charge on any atom is -0.455 e. The molecule has 69 heavy (non-hydrogen) atoms. The second kappa shape index (κ2) is 16.8. The Balaban J connectivity index is 1.15. The second-order valence-electron chi connectivity index (χ2n) is 17.0. The normalized spacial score (nSPS) is 11.5. The Morgan fingerprint density at radius 2 is 0.710 bits per heavy atom. The molecular weight excluding hydrogens is 845 g/mol. The van der Waals surface area contributed by atoms with E-state index in [9.17, 15) is 0 Å². The SMILES string of the molecule is c1ccc(-c2cc(-c3ccccc3)nc(-c3cc(-c4nc(-c5ccccc5)nc(-c5ccccc5)n4)cc(-c4cc5c(-c6ccccc6)nc6ccccc6c5c5c4oc4ccccc45)c3)n2)cc1. The standard InChI is InChI=1S/C62H38N6O/c1-6-20-39(21-7-1)52-38-53(40-22-8-2-9-23-40)65-61(64-52)45-34-44(35-46(36-45)62-67-59(42-26-12-4-13-27-42)66-60(68-62)43-28-14-5-15-29-43)49-37-50-55(56-48-31-17-19-33-54(48)69-58(49)56)47-30-16-18-32-51(47)63-57(50)41-24-10-3-11-25-41/h1-38H. The van der Waals surface area contributed by atoms with E-state index >= 15 is 0 Å². The number of hydrogen-bond acceptors (Lipinski definition) is 7. The van der Waals surface area contributed by atoms with Gasteiger partial charge in [0, 0.05) is 71.4 Å². The summed E-state index contributed by atoms with van der Waals surface area (Å²) in [6.07, 6.45) is 0. The Bertz CT molecular complexity index is 3790. The fourth-order valence-corrected chi connectivity index (χ4v) is 9.43. The van der Waals surface area contributed by atoms with Gasteiger partial charge in [-0.2, -0.15) is 0 Å². The number of rotatable bonds is 8. The van der Waals surface area contributed by atoms with Crippen molar-refractivity contribution in [2.75, 3.05) is 0 Å². The lowest BCUT2D eigenvalue weighted by atomic mass is 9.90. The van der Waals surface area contributed by atoms with Crippen molar-refractivity contribution in [2.45, 2.75) is 0 Å². The van der Waals surface area contributed by atoms with Crippen LogP contribution in [0, 0.1) is 0 Å². The summed E-state index contributed by atoms with van der Waals surface area (Å²) in [6, 6.07) is 78.5. The molecule has 0 saturated carbocycles. The van der Waals surface area contributed by atoms with Crippen molar-refractivity contribution in [1.29, 1.82) is 0 Å². The van der Waals surface area contributed by atoms with Gasteiger partial charge in [0.1, 0.15) is 11.2 Å². The smallest absolute Gasteiger partial charge is 0.164 e. The van der Waals surface area contributed by atoms with Crippen molar-refractivity contribution in [2.24, 2.45) is 0 Å². The van der Waals surface area contributed by atoms with Gasteiger partial charge in [0.2, 0.25) is 0 Å². The molecule has 4 aromatic heterocycles. The largest absolute Gasteiger partial charge is 0.455 e. The molecule has 0 aliphatic heterocycles. The number of hydrogen-bond donors (Lipinski definition) is 0. The zero-order chi connectivity index (χ0) is 45.7.